The van der Waals surface area contributed by atoms with Gasteiger partial charge in [0.1, 0.15) is 0 Å². The first kappa shape index (κ1) is 19.0. The second kappa shape index (κ2) is 8.56. The molecule has 0 bridgehead atoms. The Morgan fingerprint density at radius 3 is 2.19 bits per heavy atom. The Labute approximate surface area is 134 Å². The Morgan fingerprint density at radius 1 is 1.10 bits per heavy atom. The highest BCUT2D eigenvalue weighted by Gasteiger charge is 2.38. The molecular weight excluding hydrogens is 254 g/mol. The van der Waals surface area contributed by atoms with Crippen LogP contribution in [0, 0.1) is 22.7 Å². The quantitative estimate of drug-likeness (QED) is 0.539. The lowest BCUT2D eigenvalue weighted by Gasteiger charge is -2.45. The van der Waals surface area contributed by atoms with Crippen LogP contribution in [0.4, 0.5) is 0 Å². The lowest BCUT2D eigenvalue weighted by Crippen LogP contribution is -2.41. The summed E-state index contributed by atoms with van der Waals surface area (Å²) in [5.41, 5.74) is 1.09. The Balaban J connectivity index is 2.62. The zero-order valence-electron chi connectivity index (χ0n) is 15.7. The van der Waals surface area contributed by atoms with E-state index in [4.69, 9.17) is 0 Å². The van der Waals surface area contributed by atoms with Gasteiger partial charge in [0.05, 0.1) is 0 Å². The van der Waals surface area contributed by atoms with Crippen LogP contribution >= 0.6 is 0 Å². The van der Waals surface area contributed by atoms with Crippen molar-refractivity contribution in [2.75, 3.05) is 13.1 Å². The maximum Gasteiger partial charge on any atom is 0.000791 e. The molecule has 0 heterocycles. The highest BCUT2D eigenvalue weighted by molar-refractivity contribution is 4.91. The van der Waals surface area contributed by atoms with Gasteiger partial charge in [0.15, 0.2) is 0 Å². The van der Waals surface area contributed by atoms with Crippen molar-refractivity contribution >= 4 is 0 Å². The molecular formula is C20H41N. The topological polar surface area (TPSA) is 12.0 Å². The normalized spacial score (nSPS) is 28.6. The van der Waals surface area contributed by atoms with Crippen molar-refractivity contribution in [3.63, 3.8) is 0 Å². The van der Waals surface area contributed by atoms with Gasteiger partial charge in [-0.3, -0.25) is 0 Å². The number of nitrogens with one attached hydrogen (secondary N) is 1. The van der Waals surface area contributed by atoms with Crippen molar-refractivity contribution < 1.29 is 0 Å². The molecule has 1 fully saturated rings. The van der Waals surface area contributed by atoms with Crippen molar-refractivity contribution in [2.45, 2.75) is 92.9 Å². The lowest BCUT2D eigenvalue weighted by molar-refractivity contribution is 0.0672. The van der Waals surface area contributed by atoms with E-state index in [0.29, 0.717) is 10.8 Å². The van der Waals surface area contributed by atoms with Gasteiger partial charge < -0.3 is 5.32 Å². The van der Waals surface area contributed by atoms with Crippen molar-refractivity contribution in [3.05, 3.63) is 0 Å². The molecule has 21 heavy (non-hydrogen) atoms. The minimum atomic E-state index is 0.498. The van der Waals surface area contributed by atoms with Gasteiger partial charge in [-0.2, -0.15) is 0 Å². The van der Waals surface area contributed by atoms with E-state index in [-0.39, 0.29) is 0 Å². The molecule has 1 N–H and O–H groups in total. The molecule has 1 rings (SSSR count). The summed E-state index contributed by atoms with van der Waals surface area (Å²) < 4.78 is 0. The Morgan fingerprint density at radius 2 is 1.71 bits per heavy atom. The van der Waals surface area contributed by atoms with Crippen LogP contribution in [-0.4, -0.2) is 13.1 Å². The van der Waals surface area contributed by atoms with E-state index in [9.17, 15) is 0 Å². The van der Waals surface area contributed by atoms with Crippen LogP contribution in [0.2, 0.25) is 0 Å². The monoisotopic (exact) mass is 295 g/mol. The Bertz CT molecular complexity index is 268. The Kier molecular flexibility index (Phi) is 7.74. The minimum Gasteiger partial charge on any atom is -0.316 e. The van der Waals surface area contributed by atoms with Gasteiger partial charge in [-0.15, -0.1) is 0 Å². The molecule has 1 atom stereocenters. The largest absolute Gasteiger partial charge is 0.316 e. The summed E-state index contributed by atoms with van der Waals surface area (Å²) in [4.78, 5) is 0. The highest BCUT2D eigenvalue weighted by atomic mass is 14.9. The van der Waals surface area contributed by atoms with Crippen LogP contribution in [0.25, 0.3) is 0 Å². The summed E-state index contributed by atoms with van der Waals surface area (Å²) in [6.07, 6.45) is 11.2. The van der Waals surface area contributed by atoms with Gasteiger partial charge in [0.25, 0.3) is 0 Å². The third-order valence-corrected chi connectivity index (χ3v) is 5.76. The summed E-state index contributed by atoms with van der Waals surface area (Å²) in [7, 11) is 0. The molecule has 0 amide bonds. The zero-order chi connectivity index (χ0) is 15.9. The fourth-order valence-corrected chi connectivity index (χ4v) is 4.41. The van der Waals surface area contributed by atoms with Gasteiger partial charge in [-0.05, 0) is 67.7 Å². The van der Waals surface area contributed by atoms with Crippen molar-refractivity contribution in [3.8, 4) is 0 Å². The maximum absolute atomic E-state index is 3.75. The van der Waals surface area contributed by atoms with Crippen LogP contribution in [0.3, 0.4) is 0 Å². The SMILES string of the molecule is CCCNCC1(CC(C)CCC)CCC(C(C)(C)C)CC1. The lowest BCUT2D eigenvalue weighted by atomic mass is 9.61. The standard InChI is InChI=1S/C20H41N/c1-7-9-17(3)15-20(16-21-14-8-2)12-10-18(11-13-20)19(4,5)6/h17-18,21H,7-16H2,1-6H3. The number of rotatable bonds is 8. The molecule has 0 saturated heterocycles. The van der Waals surface area contributed by atoms with Gasteiger partial charge in [0, 0.05) is 6.54 Å². The van der Waals surface area contributed by atoms with E-state index in [0.717, 1.165) is 11.8 Å². The Hall–Kier alpha value is -0.0400. The second-order valence-corrected chi connectivity index (χ2v) is 8.92. The maximum atomic E-state index is 3.75. The summed E-state index contributed by atoms with van der Waals surface area (Å²) in [5.74, 6) is 1.82. The fraction of sp³-hybridized carbons (Fsp3) is 1.00. The molecule has 126 valence electrons. The number of hydrogen-bond acceptors (Lipinski definition) is 1. The molecule has 0 aromatic carbocycles. The average Bonchev–Trinajstić information content (AvgIpc) is 2.38. The molecule has 0 aliphatic heterocycles. The molecule has 0 aromatic heterocycles. The van der Waals surface area contributed by atoms with Gasteiger partial charge in [0.2, 0.25) is 0 Å². The molecule has 1 saturated carbocycles. The van der Waals surface area contributed by atoms with Crippen molar-refractivity contribution in [2.24, 2.45) is 22.7 Å². The second-order valence-electron chi connectivity index (χ2n) is 8.92. The third-order valence-electron chi connectivity index (χ3n) is 5.76. The van der Waals surface area contributed by atoms with E-state index in [2.05, 4.69) is 46.9 Å². The first-order valence-corrected chi connectivity index (χ1v) is 9.53. The molecule has 1 aliphatic carbocycles. The van der Waals surface area contributed by atoms with E-state index >= 15 is 0 Å². The summed E-state index contributed by atoms with van der Waals surface area (Å²) in [5, 5.41) is 3.75. The van der Waals surface area contributed by atoms with Gasteiger partial charge in [-0.25, -0.2) is 0 Å². The van der Waals surface area contributed by atoms with Crippen LogP contribution in [-0.2, 0) is 0 Å². The first-order valence-electron chi connectivity index (χ1n) is 9.53. The highest BCUT2D eigenvalue weighted by Crippen LogP contribution is 2.48. The number of hydrogen-bond donors (Lipinski definition) is 1. The predicted octanol–water partition coefficient (Wildman–Crippen LogP) is 6.04. The van der Waals surface area contributed by atoms with E-state index in [1.807, 2.05) is 0 Å². The van der Waals surface area contributed by atoms with Crippen LogP contribution in [0.1, 0.15) is 92.9 Å². The van der Waals surface area contributed by atoms with Crippen molar-refractivity contribution in [1.82, 2.24) is 5.32 Å². The fourth-order valence-electron chi connectivity index (χ4n) is 4.41. The molecule has 1 nitrogen and oxygen atoms in total. The van der Waals surface area contributed by atoms with E-state index in [1.165, 1.54) is 64.5 Å². The molecule has 1 aliphatic rings. The van der Waals surface area contributed by atoms with Crippen LogP contribution in [0.5, 0.6) is 0 Å². The van der Waals surface area contributed by atoms with Crippen LogP contribution < -0.4 is 5.32 Å². The van der Waals surface area contributed by atoms with E-state index in [1.54, 1.807) is 0 Å². The average molecular weight is 296 g/mol. The van der Waals surface area contributed by atoms with Crippen molar-refractivity contribution in [1.29, 1.82) is 0 Å². The summed E-state index contributed by atoms with van der Waals surface area (Å²) >= 11 is 0. The van der Waals surface area contributed by atoms with Gasteiger partial charge in [-0.1, -0.05) is 54.4 Å². The third kappa shape index (κ3) is 6.30. The smallest absolute Gasteiger partial charge is 0.000791 e. The molecule has 0 spiro atoms. The van der Waals surface area contributed by atoms with E-state index < -0.39 is 0 Å². The van der Waals surface area contributed by atoms with Crippen LogP contribution in [0.15, 0.2) is 0 Å². The first-order chi connectivity index (χ1) is 9.83. The summed E-state index contributed by atoms with van der Waals surface area (Å²) in [6, 6.07) is 0. The predicted molar refractivity (Wildman–Crippen MR) is 95.7 cm³/mol. The molecule has 0 aromatic rings. The minimum absolute atomic E-state index is 0.498. The molecule has 1 heteroatoms. The van der Waals surface area contributed by atoms with Gasteiger partial charge >= 0.3 is 0 Å². The molecule has 1 unspecified atom stereocenters. The molecule has 0 radical (unpaired) electrons. The summed E-state index contributed by atoms with van der Waals surface area (Å²) in [6.45, 7) is 16.8. The zero-order valence-corrected chi connectivity index (χ0v) is 15.7.